The first kappa shape index (κ1) is 20.6. The third-order valence-corrected chi connectivity index (χ3v) is 5.97. The van der Waals surface area contributed by atoms with Crippen molar-refractivity contribution in [2.75, 3.05) is 5.73 Å². The topological polar surface area (TPSA) is 103 Å². The fourth-order valence-electron chi connectivity index (χ4n) is 4.43. The van der Waals surface area contributed by atoms with Crippen molar-refractivity contribution in [2.45, 2.75) is 19.8 Å². The van der Waals surface area contributed by atoms with Crippen molar-refractivity contribution in [3.05, 3.63) is 105 Å². The van der Waals surface area contributed by atoms with Crippen molar-refractivity contribution in [1.82, 2.24) is 0 Å². The summed E-state index contributed by atoms with van der Waals surface area (Å²) in [6.07, 6.45) is 0. The summed E-state index contributed by atoms with van der Waals surface area (Å²) in [6.45, 7) is 3.22. The summed E-state index contributed by atoms with van der Waals surface area (Å²) in [7, 11) is 0. The van der Waals surface area contributed by atoms with Gasteiger partial charge >= 0.3 is 5.63 Å². The van der Waals surface area contributed by atoms with Gasteiger partial charge in [0.15, 0.2) is 5.78 Å². The van der Waals surface area contributed by atoms with E-state index in [1.165, 1.54) is 6.92 Å². The van der Waals surface area contributed by atoms with Gasteiger partial charge in [-0.05, 0) is 37.6 Å². The first-order valence-corrected chi connectivity index (χ1v) is 10.5. The van der Waals surface area contributed by atoms with Crippen LogP contribution in [0.4, 0.5) is 5.69 Å². The lowest BCUT2D eigenvalue weighted by atomic mass is 9.79. The molecule has 1 aliphatic heterocycles. The predicted molar refractivity (Wildman–Crippen MR) is 127 cm³/mol. The van der Waals surface area contributed by atoms with Crippen molar-refractivity contribution in [3.63, 3.8) is 0 Å². The van der Waals surface area contributed by atoms with Gasteiger partial charge in [0.2, 0.25) is 0 Å². The van der Waals surface area contributed by atoms with Crippen LogP contribution in [0.25, 0.3) is 16.7 Å². The number of fused-ring (bicyclic) bond motifs is 4. The molecule has 33 heavy (non-hydrogen) atoms. The summed E-state index contributed by atoms with van der Waals surface area (Å²) in [4.78, 5) is 26.2. The van der Waals surface area contributed by atoms with Crippen LogP contribution in [-0.4, -0.2) is 10.9 Å². The van der Waals surface area contributed by atoms with Crippen LogP contribution in [0.15, 0.2) is 81.5 Å². The van der Waals surface area contributed by atoms with Crippen LogP contribution < -0.4 is 16.1 Å². The van der Waals surface area contributed by atoms with E-state index in [2.05, 4.69) is 0 Å². The van der Waals surface area contributed by atoms with E-state index in [0.29, 0.717) is 39.3 Å². The molecule has 0 radical (unpaired) electrons. The predicted octanol–water partition coefficient (Wildman–Crippen LogP) is 5.48. The summed E-state index contributed by atoms with van der Waals surface area (Å²) < 4.78 is 11.8. The van der Waals surface area contributed by atoms with Crippen molar-refractivity contribution >= 4 is 28.2 Å². The molecule has 0 spiro atoms. The molecule has 0 amide bonds. The molecule has 4 aromatic rings. The highest BCUT2D eigenvalue weighted by Gasteiger charge is 2.38. The molecule has 1 aliphatic rings. The molecule has 3 N–H and O–H groups in total. The first-order valence-electron chi connectivity index (χ1n) is 10.5. The Hall–Kier alpha value is -4.32. The van der Waals surface area contributed by atoms with Crippen molar-refractivity contribution < 1.29 is 19.1 Å². The normalized spacial score (nSPS) is 15.3. The summed E-state index contributed by atoms with van der Waals surface area (Å²) in [5, 5.41) is 11.9. The van der Waals surface area contributed by atoms with Gasteiger partial charge in [0.1, 0.15) is 22.8 Å². The lowest BCUT2D eigenvalue weighted by molar-refractivity contribution is -0.113. The summed E-state index contributed by atoms with van der Waals surface area (Å²) >= 11 is 0. The Kier molecular flexibility index (Phi) is 4.78. The Morgan fingerprint density at radius 1 is 1.03 bits per heavy atom. The van der Waals surface area contributed by atoms with E-state index in [1.807, 2.05) is 25.1 Å². The van der Waals surface area contributed by atoms with Gasteiger partial charge in [-0.15, -0.1) is 0 Å². The maximum atomic E-state index is 13.2. The molecule has 6 heteroatoms. The van der Waals surface area contributed by atoms with E-state index in [4.69, 9.17) is 14.9 Å². The molecule has 1 unspecified atom stereocenters. The largest absolute Gasteiger partial charge is 0.507 e. The minimum absolute atomic E-state index is 0.0856. The second-order valence-electron chi connectivity index (χ2n) is 8.09. The molecular formula is C27H21NO5. The van der Waals surface area contributed by atoms with E-state index in [0.717, 1.165) is 5.56 Å². The molecule has 0 fully saturated rings. The van der Waals surface area contributed by atoms with E-state index in [-0.39, 0.29) is 22.7 Å². The van der Waals surface area contributed by atoms with Crippen LogP contribution in [0, 0.1) is 6.92 Å². The second kappa shape index (κ2) is 7.67. The van der Waals surface area contributed by atoms with Crippen LogP contribution in [0.1, 0.15) is 35.1 Å². The highest BCUT2D eigenvalue weighted by molar-refractivity contribution is 6.03. The van der Waals surface area contributed by atoms with Gasteiger partial charge in [-0.3, -0.25) is 4.79 Å². The number of ketones is 1. The number of ether oxygens (including phenoxy) is 1. The molecule has 5 rings (SSSR count). The highest BCUT2D eigenvalue weighted by Crippen LogP contribution is 2.50. The number of nitrogen functional groups attached to an aromatic ring is 1. The molecule has 0 aliphatic carbocycles. The third-order valence-electron chi connectivity index (χ3n) is 5.97. The van der Waals surface area contributed by atoms with Crippen molar-refractivity contribution in [1.29, 1.82) is 0 Å². The Bertz CT molecular complexity index is 1530. The number of aliphatic hydroxyl groups is 1. The number of aryl methyl sites for hydroxylation is 1. The highest BCUT2D eigenvalue weighted by atomic mass is 16.5. The fraction of sp³-hybridized carbons (Fsp3) is 0.111. The number of carbonyl (C=O) groups is 1. The lowest BCUT2D eigenvalue weighted by Crippen LogP contribution is -2.24. The zero-order valence-corrected chi connectivity index (χ0v) is 18.1. The molecule has 2 heterocycles. The number of carbonyl (C=O) groups excluding carboxylic acids is 1. The average Bonchev–Trinajstić information content (AvgIpc) is 2.78. The molecule has 1 aromatic heterocycles. The Labute approximate surface area is 189 Å². The molecule has 0 bridgehead atoms. The van der Waals surface area contributed by atoms with E-state index in [1.54, 1.807) is 48.5 Å². The first-order chi connectivity index (χ1) is 15.9. The van der Waals surface area contributed by atoms with Crippen molar-refractivity contribution in [2.24, 2.45) is 0 Å². The zero-order chi connectivity index (χ0) is 23.3. The number of benzene rings is 3. The van der Waals surface area contributed by atoms with Crippen LogP contribution in [-0.2, 0) is 4.79 Å². The molecule has 3 aromatic carbocycles. The number of Topliss-reactive ketones (excluding diaryl/α,β-unsaturated/α-hetero) is 1. The molecular weight excluding hydrogens is 418 g/mol. The van der Waals surface area contributed by atoms with E-state index >= 15 is 0 Å². The summed E-state index contributed by atoms with van der Waals surface area (Å²) in [5.74, 6) is -0.749. The molecule has 164 valence electrons. The maximum absolute atomic E-state index is 13.2. The number of aliphatic hydroxyl groups excluding tert-OH is 1. The smallest absolute Gasteiger partial charge is 0.344 e. The van der Waals surface area contributed by atoms with Crippen LogP contribution in [0.3, 0.4) is 0 Å². The fourth-order valence-corrected chi connectivity index (χ4v) is 4.43. The lowest BCUT2D eigenvalue weighted by Gasteiger charge is -2.29. The van der Waals surface area contributed by atoms with Gasteiger partial charge < -0.3 is 20.0 Å². The van der Waals surface area contributed by atoms with E-state index < -0.39 is 11.5 Å². The van der Waals surface area contributed by atoms with Gasteiger partial charge in [0, 0.05) is 28.5 Å². The number of anilines is 1. The SMILES string of the molecule is CC(=O)/C(=C(/O)c1ccccc1C)C1c2ccc(N)cc2Oc2c1c(=O)oc1ccccc21. The Balaban J connectivity index is 1.90. The maximum Gasteiger partial charge on any atom is 0.344 e. The number of rotatable bonds is 3. The molecule has 0 saturated carbocycles. The molecule has 6 nitrogen and oxygen atoms in total. The minimum Gasteiger partial charge on any atom is -0.507 e. The van der Waals surface area contributed by atoms with Crippen LogP contribution in [0.2, 0.25) is 0 Å². The number of para-hydroxylation sites is 1. The van der Waals surface area contributed by atoms with Gasteiger partial charge in [-0.1, -0.05) is 42.5 Å². The number of hydrogen-bond donors (Lipinski definition) is 2. The standard InChI is InChI=1S/C27H21NO5/c1-14-7-3-4-8-17(14)25(30)22(15(2)29)23-18-12-11-16(28)13-21(18)32-26-19-9-5-6-10-20(19)33-27(31)24(23)26/h3-13,23,30H,28H2,1-2H3/b25-22-. The van der Waals surface area contributed by atoms with Crippen LogP contribution in [0.5, 0.6) is 11.5 Å². The van der Waals surface area contributed by atoms with Crippen molar-refractivity contribution in [3.8, 4) is 11.5 Å². The monoisotopic (exact) mass is 439 g/mol. The van der Waals surface area contributed by atoms with Gasteiger partial charge in [-0.2, -0.15) is 0 Å². The minimum atomic E-state index is -0.901. The number of allylic oxidation sites excluding steroid dienone is 1. The number of hydrogen-bond acceptors (Lipinski definition) is 6. The van der Waals surface area contributed by atoms with Crippen LogP contribution >= 0.6 is 0 Å². The zero-order valence-electron chi connectivity index (χ0n) is 18.1. The van der Waals surface area contributed by atoms with Gasteiger partial charge in [0.05, 0.1) is 16.9 Å². The van der Waals surface area contributed by atoms with E-state index in [9.17, 15) is 14.7 Å². The summed E-state index contributed by atoms with van der Waals surface area (Å²) in [5.41, 5.74) is 8.31. The Morgan fingerprint density at radius 2 is 1.76 bits per heavy atom. The van der Waals surface area contributed by atoms with Gasteiger partial charge in [-0.25, -0.2) is 4.79 Å². The molecule has 0 saturated heterocycles. The Morgan fingerprint density at radius 3 is 2.52 bits per heavy atom. The third kappa shape index (κ3) is 3.27. The second-order valence-corrected chi connectivity index (χ2v) is 8.09. The molecule has 1 atom stereocenters. The summed E-state index contributed by atoms with van der Waals surface area (Å²) in [6, 6.07) is 19.3. The van der Waals surface area contributed by atoms with Gasteiger partial charge in [0.25, 0.3) is 0 Å². The number of nitrogens with two attached hydrogens (primary N) is 1. The average molecular weight is 439 g/mol. The quantitative estimate of drug-likeness (QED) is 0.190.